The minimum atomic E-state index is -0.629. The molecule has 0 aliphatic carbocycles. The quantitative estimate of drug-likeness (QED) is 0.521. The van der Waals surface area contributed by atoms with Gasteiger partial charge in [0.05, 0.1) is 18.8 Å². The Labute approximate surface area is 176 Å². The topological polar surface area (TPSA) is 115 Å². The van der Waals surface area contributed by atoms with Gasteiger partial charge in [0.1, 0.15) is 18.0 Å². The largest absolute Gasteiger partial charge is 0.394 e. The van der Waals surface area contributed by atoms with Crippen LogP contribution in [0, 0.1) is 6.92 Å². The Hall–Kier alpha value is -3.56. The minimum absolute atomic E-state index is 0.234. The lowest BCUT2D eigenvalue weighted by Crippen LogP contribution is -2.33. The van der Waals surface area contributed by atoms with Crippen molar-refractivity contribution in [3.8, 4) is 11.3 Å². The molecule has 3 heterocycles. The molecule has 158 valence electrons. The highest BCUT2D eigenvalue weighted by Crippen LogP contribution is 2.36. The first-order valence-corrected chi connectivity index (χ1v) is 10.0. The summed E-state index contributed by atoms with van der Waals surface area (Å²) in [6, 6.07) is 13.8. The van der Waals surface area contributed by atoms with Crippen LogP contribution >= 0.6 is 0 Å². The second-order valence-electron chi connectivity index (χ2n) is 7.70. The maximum absolute atomic E-state index is 12.3. The highest BCUT2D eigenvalue weighted by atomic mass is 16.5. The smallest absolute Gasteiger partial charge is 0.330 e. The predicted octanol–water partition coefficient (Wildman–Crippen LogP) is 1.78. The Morgan fingerprint density at radius 2 is 1.97 bits per heavy atom. The summed E-state index contributed by atoms with van der Waals surface area (Å²) in [7, 11) is 0. The van der Waals surface area contributed by atoms with E-state index in [4.69, 9.17) is 4.74 Å². The lowest BCUT2D eigenvalue weighted by atomic mass is 10.0. The van der Waals surface area contributed by atoms with Crippen molar-refractivity contribution in [3.05, 3.63) is 81.3 Å². The molecule has 0 unspecified atom stereocenters. The maximum Gasteiger partial charge on any atom is 0.330 e. The van der Waals surface area contributed by atoms with Crippen LogP contribution in [0.2, 0.25) is 0 Å². The summed E-state index contributed by atoms with van der Waals surface area (Å²) in [5.41, 5.74) is 1.12. The van der Waals surface area contributed by atoms with Crippen molar-refractivity contribution >= 4 is 10.8 Å². The Kier molecular flexibility index (Phi) is 4.76. The molecule has 5 rings (SSSR count). The molecule has 4 aromatic rings. The Morgan fingerprint density at radius 1 is 1.16 bits per heavy atom. The molecule has 1 saturated heterocycles. The molecule has 1 aliphatic heterocycles. The zero-order valence-corrected chi connectivity index (χ0v) is 16.8. The number of aromatic amines is 1. The SMILES string of the molecule is Cc1cn([C@H]2C[C@H](n3cc(-c4cccc5ccccc45)nn3)[C@@H](CO)O2)c(=O)[nH]c1=O. The van der Waals surface area contributed by atoms with Crippen molar-refractivity contribution in [2.75, 3.05) is 6.61 Å². The Bertz CT molecular complexity index is 1370. The van der Waals surface area contributed by atoms with Crippen molar-refractivity contribution in [3.63, 3.8) is 0 Å². The summed E-state index contributed by atoms with van der Waals surface area (Å²) < 4.78 is 8.96. The van der Waals surface area contributed by atoms with Crippen LogP contribution in [0.4, 0.5) is 0 Å². The van der Waals surface area contributed by atoms with E-state index in [0.717, 1.165) is 16.3 Å². The van der Waals surface area contributed by atoms with Crippen LogP contribution in [0.15, 0.2) is 64.4 Å². The molecule has 2 N–H and O–H groups in total. The van der Waals surface area contributed by atoms with E-state index in [1.165, 1.54) is 10.8 Å². The van der Waals surface area contributed by atoms with Gasteiger partial charge in [-0.3, -0.25) is 14.3 Å². The first-order chi connectivity index (χ1) is 15.0. The van der Waals surface area contributed by atoms with Gasteiger partial charge in [-0.1, -0.05) is 47.7 Å². The van der Waals surface area contributed by atoms with Gasteiger partial charge in [0.25, 0.3) is 5.56 Å². The van der Waals surface area contributed by atoms with Crippen LogP contribution in [0.3, 0.4) is 0 Å². The van der Waals surface area contributed by atoms with Gasteiger partial charge in [0.15, 0.2) is 0 Å². The van der Waals surface area contributed by atoms with Gasteiger partial charge >= 0.3 is 5.69 Å². The lowest BCUT2D eigenvalue weighted by molar-refractivity contribution is -0.0323. The third-order valence-electron chi connectivity index (χ3n) is 5.76. The molecule has 0 spiro atoms. The summed E-state index contributed by atoms with van der Waals surface area (Å²) in [4.78, 5) is 26.2. The molecule has 31 heavy (non-hydrogen) atoms. The maximum atomic E-state index is 12.3. The number of fused-ring (bicyclic) bond motifs is 1. The van der Waals surface area contributed by atoms with Gasteiger partial charge in [-0.05, 0) is 17.7 Å². The standard InChI is InChI=1S/C22H21N5O4/c1-13-10-26(22(30)23-21(13)29)20-9-18(19(12-28)31-20)27-11-17(24-25-27)16-8-4-6-14-5-2-3-7-15(14)16/h2-8,10-11,18-20,28H,9,12H2,1H3,(H,23,29,30)/t18-,19+,20+/m0/s1. The van der Waals surface area contributed by atoms with Gasteiger partial charge in [0, 0.05) is 23.7 Å². The van der Waals surface area contributed by atoms with Crippen molar-refractivity contribution in [1.82, 2.24) is 24.5 Å². The van der Waals surface area contributed by atoms with Gasteiger partial charge in [-0.2, -0.15) is 0 Å². The zero-order chi connectivity index (χ0) is 21.5. The summed E-state index contributed by atoms with van der Waals surface area (Å²) in [5.74, 6) is 0. The molecule has 9 heteroatoms. The number of hydrogen-bond donors (Lipinski definition) is 2. The summed E-state index contributed by atoms with van der Waals surface area (Å²) in [6.45, 7) is 1.39. The van der Waals surface area contributed by atoms with Gasteiger partial charge in [-0.25, -0.2) is 9.48 Å². The second-order valence-corrected chi connectivity index (χ2v) is 7.70. The number of aliphatic hydroxyl groups is 1. The average Bonchev–Trinajstić information content (AvgIpc) is 3.43. The highest BCUT2D eigenvalue weighted by Gasteiger charge is 2.38. The Balaban J connectivity index is 1.48. The van der Waals surface area contributed by atoms with Crippen LogP contribution in [0.5, 0.6) is 0 Å². The van der Waals surface area contributed by atoms with Crippen LogP contribution in [0.1, 0.15) is 24.3 Å². The van der Waals surface area contributed by atoms with Crippen LogP contribution in [0.25, 0.3) is 22.0 Å². The summed E-state index contributed by atoms with van der Waals surface area (Å²) in [6.07, 6.45) is 2.52. The Morgan fingerprint density at radius 3 is 2.81 bits per heavy atom. The van der Waals surface area contributed by atoms with Gasteiger partial charge in [0.2, 0.25) is 0 Å². The van der Waals surface area contributed by atoms with Gasteiger partial charge < -0.3 is 9.84 Å². The van der Waals surface area contributed by atoms with Crippen LogP contribution < -0.4 is 11.2 Å². The lowest BCUT2D eigenvalue weighted by Gasteiger charge is -2.15. The number of rotatable bonds is 4. The first kappa shape index (κ1) is 19.4. The second kappa shape index (κ2) is 7.60. The summed E-state index contributed by atoms with van der Waals surface area (Å²) >= 11 is 0. The fourth-order valence-electron chi connectivity index (χ4n) is 4.14. The van der Waals surface area contributed by atoms with Gasteiger partial charge in [-0.15, -0.1) is 5.10 Å². The number of ether oxygens (including phenoxy) is 1. The number of aromatic nitrogens is 5. The molecule has 0 saturated carbocycles. The molecule has 3 atom stereocenters. The number of aliphatic hydroxyl groups excluding tert-OH is 1. The van der Waals surface area contributed by atoms with Crippen molar-refractivity contribution in [2.45, 2.75) is 31.7 Å². The molecular weight excluding hydrogens is 398 g/mol. The molecule has 1 fully saturated rings. The van der Waals surface area contributed by atoms with Crippen LogP contribution in [-0.2, 0) is 4.74 Å². The molecule has 0 radical (unpaired) electrons. The van der Waals surface area contributed by atoms with Crippen molar-refractivity contribution < 1.29 is 9.84 Å². The van der Waals surface area contributed by atoms with Crippen LogP contribution in [-0.4, -0.2) is 42.4 Å². The van der Waals surface area contributed by atoms with E-state index < -0.39 is 23.6 Å². The molecule has 0 amide bonds. The highest BCUT2D eigenvalue weighted by molar-refractivity contribution is 5.95. The number of aryl methyl sites for hydroxylation is 1. The normalized spacial score (nSPS) is 21.0. The van der Waals surface area contributed by atoms with E-state index in [2.05, 4.69) is 15.3 Å². The van der Waals surface area contributed by atoms with E-state index in [1.807, 2.05) is 48.7 Å². The summed E-state index contributed by atoms with van der Waals surface area (Å²) in [5, 5.41) is 20.7. The predicted molar refractivity (Wildman–Crippen MR) is 114 cm³/mol. The monoisotopic (exact) mass is 419 g/mol. The number of nitrogens with zero attached hydrogens (tertiary/aromatic N) is 4. The third-order valence-corrected chi connectivity index (χ3v) is 5.76. The van der Waals surface area contributed by atoms with E-state index in [-0.39, 0.29) is 12.6 Å². The molecule has 1 aliphatic rings. The fraction of sp³-hybridized carbons (Fsp3) is 0.273. The molecule has 2 aromatic heterocycles. The number of nitrogens with one attached hydrogen (secondary N) is 1. The minimum Gasteiger partial charge on any atom is -0.394 e. The molecule has 9 nitrogen and oxygen atoms in total. The average molecular weight is 419 g/mol. The molecular formula is C22H21N5O4. The third kappa shape index (κ3) is 3.37. The van der Waals surface area contributed by atoms with Crippen molar-refractivity contribution in [1.29, 1.82) is 0 Å². The fourth-order valence-corrected chi connectivity index (χ4v) is 4.14. The van der Waals surface area contributed by atoms with E-state index >= 15 is 0 Å². The van der Waals surface area contributed by atoms with E-state index in [9.17, 15) is 14.7 Å². The van der Waals surface area contributed by atoms with E-state index in [1.54, 1.807) is 11.6 Å². The molecule has 0 bridgehead atoms. The number of benzene rings is 2. The number of H-pyrrole nitrogens is 1. The van der Waals surface area contributed by atoms with E-state index in [0.29, 0.717) is 17.7 Å². The molecule has 2 aromatic carbocycles. The zero-order valence-electron chi connectivity index (χ0n) is 16.8. The number of hydrogen-bond acceptors (Lipinski definition) is 6. The van der Waals surface area contributed by atoms with Crippen molar-refractivity contribution in [2.24, 2.45) is 0 Å². The first-order valence-electron chi connectivity index (χ1n) is 10.0.